The minimum absolute atomic E-state index is 0.0379. The molecule has 0 aromatic carbocycles. The highest BCUT2D eigenvalue weighted by atomic mass is 16.5. The lowest BCUT2D eigenvalue weighted by Crippen LogP contribution is -2.47. The van der Waals surface area contributed by atoms with E-state index < -0.39 is 24.5 Å². The van der Waals surface area contributed by atoms with Crippen molar-refractivity contribution in [3.63, 3.8) is 0 Å². The van der Waals surface area contributed by atoms with E-state index in [1.54, 1.807) is 0 Å². The normalized spacial score (nSPS) is 12.5. The van der Waals surface area contributed by atoms with Crippen LogP contribution in [0.3, 0.4) is 0 Å². The van der Waals surface area contributed by atoms with Crippen LogP contribution in [0.5, 0.6) is 0 Å². The fraction of sp³-hybridized carbons (Fsp3) is 0.867. The van der Waals surface area contributed by atoms with Crippen LogP contribution < -0.4 is 10.6 Å². The van der Waals surface area contributed by atoms with Crippen molar-refractivity contribution in [3.05, 3.63) is 12.2 Å². The molecule has 2 atom stereocenters. The van der Waals surface area contributed by atoms with E-state index in [1.807, 2.05) is 0 Å². The second kappa shape index (κ2) is 40.2. The van der Waals surface area contributed by atoms with Crippen LogP contribution in [0, 0.1) is 0 Å². The summed E-state index contributed by atoms with van der Waals surface area (Å²) in [7, 11) is 0. The SMILES string of the molecule is CCCCCCCCCC/C=C\CCCC(CCCCCCCC(=O)NCC(=O)NC(CO)C(=O)O)OC(=O)CCCCCCCCCCCCCCC. The van der Waals surface area contributed by atoms with Crippen molar-refractivity contribution < 1.29 is 34.1 Å². The van der Waals surface area contributed by atoms with Crippen molar-refractivity contribution in [1.29, 1.82) is 0 Å². The first-order valence-corrected chi connectivity index (χ1v) is 22.6. The first-order valence-electron chi connectivity index (χ1n) is 22.6. The van der Waals surface area contributed by atoms with Gasteiger partial charge in [-0.15, -0.1) is 0 Å². The maximum Gasteiger partial charge on any atom is 0.328 e. The Hall–Kier alpha value is -2.42. The number of hydrogen-bond acceptors (Lipinski definition) is 6. The van der Waals surface area contributed by atoms with Crippen LogP contribution in [0.15, 0.2) is 12.2 Å². The molecule has 0 fully saturated rings. The van der Waals surface area contributed by atoms with E-state index in [4.69, 9.17) is 14.9 Å². The number of rotatable bonds is 41. The number of nitrogens with one attached hydrogen (secondary N) is 2. The minimum atomic E-state index is -1.38. The second-order valence-corrected chi connectivity index (χ2v) is 15.5. The molecule has 0 aromatic heterocycles. The number of esters is 1. The molecule has 0 rings (SSSR count). The Morgan fingerprint density at radius 2 is 0.963 bits per heavy atom. The number of carboxylic acids is 1. The molecule has 54 heavy (non-hydrogen) atoms. The molecule has 2 amide bonds. The quantitative estimate of drug-likeness (QED) is 0.0276. The molecule has 0 saturated heterocycles. The molecule has 0 aliphatic rings. The molecule has 0 saturated carbocycles. The van der Waals surface area contributed by atoms with Gasteiger partial charge in [0, 0.05) is 12.8 Å². The van der Waals surface area contributed by atoms with Crippen LogP contribution >= 0.6 is 0 Å². The lowest BCUT2D eigenvalue weighted by atomic mass is 10.0. The maximum absolute atomic E-state index is 12.8. The van der Waals surface area contributed by atoms with Crippen LogP contribution in [0.4, 0.5) is 0 Å². The predicted octanol–water partition coefficient (Wildman–Crippen LogP) is 11.0. The number of aliphatic carboxylic acids is 1. The molecule has 0 aliphatic carbocycles. The number of carbonyl (C=O) groups excluding carboxylic acids is 3. The average Bonchev–Trinajstić information content (AvgIpc) is 3.15. The van der Waals surface area contributed by atoms with Gasteiger partial charge in [0.2, 0.25) is 11.8 Å². The van der Waals surface area contributed by atoms with Crippen molar-refractivity contribution in [3.8, 4) is 0 Å². The van der Waals surface area contributed by atoms with E-state index in [0.29, 0.717) is 19.3 Å². The van der Waals surface area contributed by atoms with Gasteiger partial charge in [-0.25, -0.2) is 4.79 Å². The summed E-state index contributed by atoms with van der Waals surface area (Å²) in [5, 5.41) is 22.6. The van der Waals surface area contributed by atoms with Crippen LogP contribution in [0.1, 0.15) is 226 Å². The van der Waals surface area contributed by atoms with Gasteiger partial charge in [-0.1, -0.05) is 167 Å². The van der Waals surface area contributed by atoms with Crippen LogP contribution in [0.25, 0.3) is 0 Å². The summed E-state index contributed by atoms with van der Waals surface area (Å²) >= 11 is 0. The molecule has 0 heterocycles. The van der Waals surface area contributed by atoms with E-state index in [9.17, 15) is 19.2 Å². The Balaban J connectivity index is 4.33. The summed E-state index contributed by atoms with van der Waals surface area (Å²) in [6.45, 7) is 3.49. The summed E-state index contributed by atoms with van der Waals surface area (Å²) in [5.74, 6) is -2.30. The topological polar surface area (TPSA) is 142 Å². The van der Waals surface area contributed by atoms with Gasteiger partial charge in [0.1, 0.15) is 12.1 Å². The summed E-state index contributed by atoms with van der Waals surface area (Å²) in [6.07, 6.45) is 42.4. The van der Waals surface area contributed by atoms with E-state index in [1.165, 1.54) is 122 Å². The third-order valence-electron chi connectivity index (χ3n) is 10.3. The van der Waals surface area contributed by atoms with Gasteiger partial charge < -0.3 is 25.6 Å². The molecule has 4 N–H and O–H groups in total. The Kier molecular flexibility index (Phi) is 38.4. The number of amides is 2. The van der Waals surface area contributed by atoms with Crippen molar-refractivity contribution in [1.82, 2.24) is 10.6 Å². The molecule has 0 aliphatic heterocycles. The highest BCUT2D eigenvalue weighted by Crippen LogP contribution is 2.18. The van der Waals surface area contributed by atoms with Crippen LogP contribution in [-0.2, 0) is 23.9 Å². The second-order valence-electron chi connectivity index (χ2n) is 15.5. The number of aliphatic hydroxyl groups is 1. The molecule has 0 spiro atoms. The number of hydrogen-bond donors (Lipinski definition) is 4. The summed E-state index contributed by atoms with van der Waals surface area (Å²) in [6, 6.07) is -1.38. The lowest BCUT2D eigenvalue weighted by Gasteiger charge is -2.18. The average molecular weight is 765 g/mol. The fourth-order valence-electron chi connectivity index (χ4n) is 6.78. The van der Waals surface area contributed by atoms with Crippen molar-refractivity contribution in [2.24, 2.45) is 0 Å². The number of ether oxygens (including phenoxy) is 1. The Morgan fingerprint density at radius 3 is 1.46 bits per heavy atom. The highest BCUT2D eigenvalue weighted by molar-refractivity contribution is 5.87. The first kappa shape index (κ1) is 51.6. The molecular weight excluding hydrogens is 681 g/mol. The molecule has 0 radical (unpaired) electrons. The summed E-state index contributed by atoms with van der Waals surface area (Å²) in [5.41, 5.74) is 0. The van der Waals surface area contributed by atoms with Gasteiger partial charge in [0.05, 0.1) is 13.2 Å². The molecule has 9 nitrogen and oxygen atoms in total. The fourth-order valence-corrected chi connectivity index (χ4v) is 6.78. The smallest absolute Gasteiger partial charge is 0.328 e. The standard InChI is InChI=1S/C45H84N2O7/c1-3-5-7-9-11-13-15-17-19-21-23-26-30-34-40(54-44(51)37-33-29-24-22-20-18-16-14-12-10-8-6-4-2)35-31-27-25-28-32-36-42(49)46-38-43(50)47-41(39-48)45(52)53/h21,23,40-41,48H,3-20,22,24-39H2,1-2H3,(H,46,49)(H,47,50)(H,52,53)/b23-21-. The zero-order valence-electron chi connectivity index (χ0n) is 35.0. The monoisotopic (exact) mass is 765 g/mol. The van der Waals surface area contributed by atoms with E-state index in [-0.39, 0.29) is 24.5 Å². The number of unbranched alkanes of at least 4 members (excludes halogenated alkanes) is 25. The number of aliphatic hydroxyl groups excluding tert-OH is 1. The van der Waals surface area contributed by atoms with Gasteiger partial charge in [-0.2, -0.15) is 0 Å². The zero-order valence-corrected chi connectivity index (χ0v) is 35.0. The van der Waals surface area contributed by atoms with E-state index in [2.05, 4.69) is 36.6 Å². The van der Waals surface area contributed by atoms with Crippen LogP contribution in [0.2, 0.25) is 0 Å². The highest BCUT2D eigenvalue weighted by Gasteiger charge is 2.19. The maximum atomic E-state index is 12.8. The third kappa shape index (κ3) is 36.6. The minimum Gasteiger partial charge on any atom is -0.480 e. The van der Waals surface area contributed by atoms with Crippen LogP contribution in [-0.4, -0.2) is 59.3 Å². The predicted molar refractivity (Wildman–Crippen MR) is 222 cm³/mol. The molecule has 0 bridgehead atoms. The largest absolute Gasteiger partial charge is 0.480 e. The van der Waals surface area contributed by atoms with Gasteiger partial charge in [-0.3, -0.25) is 14.4 Å². The molecular formula is C45H84N2O7. The lowest BCUT2D eigenvalue weighted by molar-refractivity contribution is -0.150. The Morgan fingerprint density at radius 1 is 0.537 bits per heavy atom. The van der Waals surface area contributed by atoms with Crippen molar-refractivity contribution in [2.45, 2.75) is 238 Å². The Bertz CT molecular complexity index is 926. The number of carboxylic acid groups (broad SMARTS) is 1. The van der Waals surface area contributed by atoms with Crippen molar-refractivity contribution >= 4 is 23.8 Å². The van der Waals surface area contributed by atoms with Crippen molar-refractivity contribution in [2.75, 3.05) is 13.2 Å². The van der Waals surface area contributed by atoms with Gasteiger partial charge in [0.25, 0.3) is 0 Å². The third-order valence-corrected chi connectivity index (χ3v) is 10.3. The van der Waals surface area contributed by atoms with Gasteiger partial charge in [-0.05, 0) is 57.8 Å². The van der Waals surface area contributed by atoms with Gasteiger partial charge >= 0.3 is 11.9 Å². The molecule has 316 valence electrons. The number of allylic oxidation sites excluding steroid dienone is 2. The van der Waals surface area contributed by atoms with Gasteiger partial charge in [0.15, 0.2) is 0 Å². The van der Waals surface area contributed by atoms with E-state index in [0.717, 1.165) is 70.6 Å². The first-order chi connectivity index (χ1) is 26.3. The zero-order chi connectivity index (χ0) is 39.7. The molecule has 9 heteroatoms. The molecule has 0 aromatic rings. The summed E-state index contributed by atoms with van der Waals surface area (Å²) < 4.78 is 6.02. The number of carbonyl (C=O) groups is 4. The van der Waals surface area contributed by atoms with E-state index >= 15 is 0 Å². The molecule has 2 unspecified atom stereocenters. The summed E-state index contributed by atoms with van der Waals surface area (Å²) in [4.78, 5) is 47.6. The Labute approximate surface area is 331 Å².